The molecular formula is C23H30N4O2. The van der Waals surface area contributed by atoms with Crippen molar-refractivity contribution in [2.24, 2.45) is 4.99 Å². The van der Waals surface area contributed by atoms with Gasteiger partial charge in [-0.25, -0.2) is 4.79 Å². The van der Waals surface area contributed by atoms with E-state index < -0.39 is 0 Å². The van der Waals surface area contributed by atoms with E-state index in [1.54, 1.807) is 6.07 Å². The molecule has 6 nitrogen and oxygen atoms in total. The number of rotatable bonds is 3. The summed E-state index contributed by atoms with van der Waals surface area (Å²) in [5, 5.41) is 10.7. The summed E-state index contributed by atoms with van der Waals surface area (Å²) in [4.78, 5) is 17.0. The minimum atomic E-state index is -0.331. The number of aliphatic imine (C=N–C) groups is 1. The summed E-state index contributed by atoms with van der Waals surface area (Å²) in [5.41, 5.74) is 3.35. The van der Waals surface area contributed by atoms with Crippen LogP contribution in [-0.4, -0.2) is 37.5 Å². The number of nitrogens with zero attached hydrogens (tertiary/aromatic N) is 1. The summed E-state index contributed by atoms with van der Waals surface area (Å²) in [6, 6.07) is 15.7. The Morgan fingerprint density at radius 2 is 1.69 bits per heavy atom. The molecule has 1 saturated heterocycles. The molecule has 0 atom stereocenters. The second-order valence-corrected chi connectivity index (χ2v) is 6.94. The van der Waals surface area contributed by atoms with E-state index >= 15 is 0 Å². The molecule has 0 unspecified atom stereocenters. The molecule has 2 aliphatic rings. The lowest BCUT2D eigenvalue weighted by Gasteiger charge is -2.44. The van der Waals surface area contributed by atoms with Gasteiger partial charge in [-0.05, 0) is 49.7 Å². The van der Waals surface area contributed by atoms with Gasteiger partial charge in [0.2, 0.25) is 0 Å². The quantitative estimate of drug-likeness (QED) is 0.685. The standard InChI is InChI=1S/C21H24N4O2.C2H6/c1-27-19(26)16-7-3-2-6-15(16)14-23-20-21(10-12-22-13-11-21)25-18-9-5-4-8-17(18)24-20;1-2/h2-9,22,25H,10-14H2,1H3,(H,23,24);1-2H3. The van der Waals surface area contributed by atoms with Crippen LogP contribution in [0, 0.1) is 0 Å². The number of carbonyl (C=O) groups is 1. The molecular weight excluding hydrogens is 364 g/mol. The zero-order valence-electron chi connectivity index (χ0n) is 17.4. The van der Waals surface area contributed by atoms with Gasteiger partial charge in [0.15, 0.2) is 0 Å². The van der Waals surface area contributed by atoms with Crippen molar-refractivity contribution in [3.63, 3.8) is 0 Å². The number of hydrogen-bond acceptors (Lipinski definition) is 5. The summed E-state index contributed by atoms with van der Waals surface area (Å²) in [6.45, 7) is 6.30. The van der Waals surface area contributed by atoms with E-state index in [1.165, 1.54) is 7.11 Å². The Morgan fingerprint density at radius 1 is 1.03 bits per heavy atom. The number of esters is 1. The molecule has 0 saturated carbocycles. The number of carbonyl (C=O) groups excluding carboxylic acids is 1. The molecule has 4 rings (SSSR count). The van der Waals surface area contributed by atoms with E-state index in [4.69, 9.17) is 9.73 Å². The highest BCUT2D eigenvalue weighted by atomic mass is 16.5. The first-order valence-corrected chi connectivity index (χ1v) is 10.3. The third-order valence-electron chi connectivity index (χ3n) is 5.29. The maximum atomic E-state index is 12.0. The number of ether oxygens (including phenoxy) is 1. The SMILES string of the molecule is CC.COC(=O)c1ccccc1CN=C1Nc2ccccc2NC12CCNCC2. The normalized spacial score (nSPS) is 18.0. The number of anilines is 2. The maximum absolute atomic E-state index is 12.0. The van der Waals surface area contributed by atoms with E-state index in [1.807, 2.05) is 50.2 Å². The lowest BCUT2D eigenvalue weighted by Crippen LogP contribution is -2.57. The molecule has 2 aromatic rings. The van der Waals surface area contributed by atoms with Crippen LogP contribution in [0.15, 0.2) is 53.5 Å². The molecule has 154 valence electrons. The topological polar surface area (TPSA) is 74.8 Å². The average Bonchev–Trinajstić information content (AvgIpc) is 2.79. The summed E-state index contributed by atoms with van der Waals surface area (Å²) < 4.78 is 4.90. The first kappa shape index (κ1) is 20.9. The van der Waals surface area contributed by atoms with Gasteiger partial charge in [0, 0.05) is 0 Å². The second kappa shape index (κ2) is 9.56. The van der Waals surface area contributed by atoms with Gasteiger partial charge in [0.05, 0.1) is 36.1 Å². The van der Waals surface area contributed by atoms with Crippen LogP contribution in [0.4, 0.5) is 11.4 Å². The maximum Gasteiger partial charge on any atom is 0.338 e. The van der Waals surface area contributed by atoms with Gasteiger partial charge < -0.3 is 20.7 Å². The zero-order valence-corrected chi connectivity index (χ0v) is 17.4. The smallest absolute Gasteiger partial charge is 0.338 e. The Morgan fingerprint density at radius 3 is 2.41 bits per heavy atom. The third-order valence-corrected chi connectivity index (χ3v) is 5.29. The van der Waals surface area contributed by atoms with E-state index in [-0.39, 0.29) is 11.5 Å². The molecule has 0 bridgehead atoms. The largest absolute Gasteiger partial charge is 0.465 e. The molecule has 2 heterocycles. The number of methoxy groups -OCH3 is 1. The zero-order chi connectivity index (χ0) is 20.7. The molecule has 0 aromatic heterocycles. The number of piperidine rings is 1. The number of nitrogens with one attached hydrogen (secondary N) is 3. The number of para-hydroxylation sites is 2. The lowest BCUT2D eigenvalue weighted by atomic mass is 9.84. The van der Waals surface area contributed by atoms with Crippen molar-refractivity contribution in [2.45, 2.75) is 38.8 Å². The Bertz CT molecular complexity index is 873. The van der Waals surface area contributed by atoms with E-state index in [2.05, 4.69) is 22.0 Å². The first-order chi connectivity index (χ1) is 14.2. The van der Waals surface area contributed by atoms with Crippen LogP contribution in [0.1, 0.15) is 42.6 Å². The molecule has 1 spiro atoms. The van der Waals surface area contributed by atoms with Crippen LogP contribution in [0.2, 0.25) is 0 Å². The Hall–Kier alpha value is -2.86. The minimum Gasteiger partial charge on any atom is -0.465 e. The van der Waals surface area contributed by atoms with Gasteiger partial charge in [-0.2, -0.15) is 0 Å². The number of hydrogen-bond donors (Lipinski definition) is 3. The lowest BCUT2D eigenvalue weighted by molar-refractivity contribution is 0.0599. The minimum absolute atomic E-state index is 0.209. The first-order valence-electron chi connectivity index (χ1n) is 10.3. The highest BCUT2D eigenvalue weighted by Crippen LogP contribution is 2.35. The predicted octanol–water partition coefficient (Wildman–Crippen LogP) is 4.06. The van der Waals surface area contributed by atoms with Crippen LogP contribution in [-0.2, 0) is 11.3 Å². The van der Waals surface area contributed by atoms with Gasteiger partial charge in [0.1, 0.15) is 5.84 Å². The van der Waals surface area contributed by atoms with E-state index in [0.717, 1.165) is 48.7 Å². The van der Waals surface area contributed by atoms with Crippen molar-refractivity contribution in [2.75, 3.05) is 30.8 Å². The fourth-order valence-corrected chi connectivity index (χ4v) is 3.80. The Kier molecular flexibility index (Phi) is 6.88. The van der Waals surface area contributed by atoms with Crippen molar-refractivity contribution in [1.29, 1.82) is 0 Å². The fourth-order valence-electron chi connectivity index (χ4n) is 3.80. The van der Waals surface area contributed by atoms with Crippen LogP contribution in [0.3, 0.4) is 0 Å². The predicted molar refractivity (Wildman–Crippen MR) is 119 cm³/mol. The van der Waals surface area contributed by atoms with Crippen molar-refractivity contribution >= 4 is 23.2 Å². The van der Waals surface area contributed by atoms with Crippen molar-refractivity contribution in [3.05, 3.63) is 59.7 Å². The van der Waals surface area contributed by atoms with Gasteiger partial charge in [0.25, 0.3) is 0 Å². The molecule has 1 fully saturated rings. The fraction of sp³-hybridized carbons (Fsp3) is 0.391. The Labute approximate surface area is 172 Å². The van der Waals surface area contributed by atoms with Gasteiger partial charge in [-0.15, -0.1) is 0 Å². The summed E-state index contributed by atoms with van der Waals surface area (Å²) in [5.74, 6) is 0.602. The number of fused-ring (bicyclic) bond motifs is 1. The summed E-state index contributed by atoms with van der Waals surface area (Å²) in [6.07, 6.45) is 1.90. The van der Waals surface area contributed by atoms with E-state index in [0.29, 0.717) is 12.1 Å². The molecule has 6 heteroatoms. The molecule has 3 N–H and O–H groups in total. The number of amidine groups is 1. The summed E-state index contributed by atoms with van der Waals surface area (Å²) in [7, 11) is 1.40. The Balaban J connectivity index is 0.00000117. The van der Waals surface area contributed by atoms with Crippen molar-refractivity contribution < 1.29 is 9.53 Å². The van der Waals surface area contributed by atoms with Crippen LogP contribution >= 0.6 is 0 Å². The average molecular weight is 395 g/mol. The van der Waals surface area contributed by atoms with Crippen LogP contribution < -0.4 is 16.0 Å². The van der Waals surface area contributed by atoms with E-state index in [9.17, 15) is 4.79 Å². The van der Waals surface area contributed by atoms with Crippen LogP contribution in [0.5, 0.6) is 0 Å². The molecule has 2 aliphatic heterocycles. The van der Waals surface area contributed by atoms with Gasteiger partial charge in [-0.3, -0.25) is 4.99 Å². The van der Waals surface area contributed by atoms with Crippen molar-refractivity contribution in [1.82, 2.24) is 5.32 Å². The molecule has 2 aromatic carbocycles. The van der Waals surface area contributed by atoms with Crippen molar-refractivity contribution in [3.8, 4) is 0 Å². The second-order valence-electron chi connectivity index (χ2n) is 6.94. The molecule has 29 heavy (non-hydrogen) atoms. The highest BCUT2D eigenvalue weighted by molar-refractivity contribution is 6.09. The molecule has 0 radical (unpaired) electrons. The van der Waals surface area contributed by atoms with Gasteiger partial charge in [-0.1, -0.05) is 44.2 Å². The third kappa shape index (κ3) is 4.43. The summed E-state index contributed by atoms with van der Waals surface area (Å²) >= 11 is 0. The highest BCUT2D eigenvalue weighted by Gasteiger charge is 2.40. The molecule has 0 amide bonds. The number of benzene rings is 2. The van der Waals surface area contributed by atoms with Crippen LogP contribution in [0.25, 0.3) is 0 Å². The molecule has 0 aliphatic carbocycles. The van der Waals surface area contributed by atoms with Gasteiger partial charge >= 0.3 is 5.97 Å². The monoisotopic (exact) mass is 394 g/mol.